The van der Waals surface area contributed by atoms with E-state index in [4.69, 9.17) is 4.74 Å². The lowest BCUT2D eigenvalue weighted by molar-refractivity contribution is -0.148. The molecule has 0 saturated carbocycles. The Morgan fingerprint density at radius 1 is 1.11 bits per heavy atom. The third kappa shape index (κ3) is 6.58. The van der Waals surface area contributed by atoms with E-state index in [-0.39, 0.29) is 12.5 Å². The van der Waals surface area contributed by atoms with Crippen molar-refractivity contribution >= 4 is 23.8 Å². The maximum Gasteiger partial charge on any atom is 0.408 e. The van der Waals surface area contributed by atoms with E-state index in [1.807, 2.05) is 0 Å². The van der Waals surface area contributed by atoms with Gasteiger partial charge in [0, 0.05) is 0 Å². The summed E-state index contributed by atoms with van der Waals surface area (Å²) in [5.41, 5.74) is 0.396. The van der Waals surface area contributed by atoms with Gasteiger partial charge >= 0.3 is 12.1 Å². The summed E-state index contributed by atoms with van der Waals surface area (Å²) in [6.45, 7) is 6.78. The van der Waals surface area contributed by atoms with Crippen molar-refractivity contribution in [2.24, 2.45) is 5.92 Å². The van der Waals surface area contributed by atoms with Gasteiger partial charge in [-0.05, 0) is 11.5 Å². The number of carbonyl (C=O) groups is 4. The largest absolute Gasteiger partial charge is 0.467 e. The van der Waals surface area contributed by atoms with Crippen molar-refractivity contribution in [1.29, 1.82) is 0 Å². The summed E-state index contributed by atoms with van der Waals surface area (Å²) < 4.78 is 9.47. The number of alkyl carbamates (subject to hydrolysis) is 1. The van der Waals surface area contributed by atoms with Gasteiger partial charge in [-0.3, -0.25) is 9.59 Å². The SMILES string of the molecule is C=CCOC(=O)NC(C(=O)C(=O)N[C@H](C(=O)OC)C(C)C)c1ccccc1. The fraction of sp³-hybridized carbons (Fsp3) is 0.368. The molecule has 1 rings (SSSR count). The molecule has 8 heteroatoms. The summed E-state index contributed by atoms with van der Waals surface area (Å²) in [7, 11) is 1.19. The second-order valence-electron chi connectivity index (χ2n) is 5.96. The van der Waals surface area contributed by atoms with Crippen LogP contribution in [0.5, 0.6) is 0 Å². The average Bonchev–Trinajstić information content (AvgIpc) is 2.67. The standard InChI is InChI=1S/C19H24N2O6/c1-5-11-27-19(25)21-15(13-9-7-6-8-10-13)16(22)17(23)20-14(12(2)3)18(24)26-4/h5-10,12,14-15H,1,11H2,2-4H3,(H,20,23)(H,21,25)/t14-,15?/m0/s1. The average molecular weight is 376 g/mol. The number of carbonyl (C=O) groups excluding carboxylic acids is 4. The first-order valence-corrected chi connectivity index (χ1v) is 8.33. The molecule has 2 N–H and O–H groups in total. The summed E-state index contributed by atoms with van der Waals surface area (Å²) in [4.78, 5) is 48.7. The van der Waals surface area contributed by atoms with Gasteiger partial charge in [-0.15, -0.1) is 0 Å². The number of ketones is 1. The second-order valence-corrected chi connectivity index (χ2v) is 5.96. The summed E-state index contributed by atoms with van der Waals surface area (Å²) in [5.74, 6) is -2.92. The van der Waals surface area contributed by atoms with Crippen LogP contribution in [0.15, 0.2) is 43.0 Å². The molecule has 0 bridgehead atoms. The van der Waals surface area contributed by atoms with Gasteiger partial charge in [0.15, 0.2) is 0 Å². The smallest absolute Gasteiger partial charge is 0.408 e. The number of nitrogens with one attached hydrogen (secondary N) is 2. The highest BCUT2D eigenvalue weighted by atomic mass is 16.5. The molecular weight excluding hydrogens is 352 g/mol. The Kier molecular flexibility index (Phi) is 8.71. The van der Waals surface area contributed by atoms with Crippen molar-refractivity contribution in [1.82, 2.24) is 10.6 Å². The highest BCUT2D eigenvalue weighted by Crippen LogP contribution is 2.15. The summed E-state index contributed by atoms with van der Waals surface area (Å²) in [5, 5.41) is 4.72. The topological polar surface area (TPSA) is 111 Å². The van der Waals surface area contributed by atoms with Crippen molar-refractivity contribution in [3.63, 3.8) is 0 Å². The van der Waals surface area contributed by atoms with E-state index in [0.717, 1.165) is 0 Å². The fourth-order valence-electron chi connectivity index (χ4n) is 2.21. The molecule has 1 unspecified atom stereocenters. The number of hydrogen-bond donors (Lipinski definition) is 2. The number of methoxy groups -OCH3 is 1. The molecule has 2 amide bonds. The Balaban J connectivity index is 3.01. The van der Waals surface area contributed by atoms with Crippen molar-refractivity contribution in [3.05, 3.63) is 48.6 Å². The van der Waals surface area contributed by atoms with Crippen LogP contribution in [0, 0.1) is 5.92 Å². The number of Topliss-reactive ketones (excluding diaryl/α,β-unsaturated/α-hetero) is 1. The lowest BCUT2D eigenvalue weighted by Gasteiger charge is -2.22. The minimum absolute atomic E-state index is 0.0501. The molecule has 0 aliphatic rings. The van der Waals surface area contributed by atoms with Crippen molar-refractivity contribution in [2.75, 3.05) is 13.7 Å². The van der Waals surface area contributed by atoms with E-state index in [1.54, 1.807) is 44.2 Å². The Hall–Kier alpha value is -3.16. The Morgan fingerprint density at radius 2 is 1.74 bits per heavy atom. The number of amides is 2. The van der Waals surface area contributed by atoms with Crippen LogP contribution in [-0.4, -0.2) is 43.5 Å². The first-order valence-electron chi connectivity index (χ1n) is 8.33. The van der Waals surface area contributed by atoms with E-state index in [0.29, 0.717) is 5.56 Å². The molecule has 146 valence electrons. The molecule has 0 heterocycles. The van der Waals surface area contributed by atoms with E-state index in [9.17, 15) is 19.2 Å². The van der Waals surface area contributed by atoms with Gasteiger partial charge in [-0.25, -0.2) is 9.59 Å². The first-order chi connectivity index (χ1) is 12.8. The molecular formula is C19H24N2O6. The van der Waals surface area contributed by atoms with Gasteiger partial charge < -0.3 is 20.1 Å². The molecule has 0 aliphatic heterocycles. The highest BCUT2D eigenvalue weighted by molar-refractivity contribution is 6.38. The van der Waals surface area contributed by atoms with Crippen molar-refractivity contribution in [3.8, 4) is 0 Å². The maximum atomic E-state index is 12.7. The van der Waals surface area contributed by atoms with Gasteiger partial charge in [0.25, 0.3) is 5.91 Å². The van der Waals surface area contributed by atoms with Crippen LogP contribution in [-0.2, 0) is 23.9 Å². The van der Waals surface area contributed by atoms with Gasteiger partial charge in [-0.2, -0.15) is 0 Å². The van der Waals surface area contributed by atoms with E-state index >= 15 is 0 Å². The zero-order valence-corrected chi connectivity index (χ0v) is 15.6. The zero-order chi connectivity index (χ0) is 20.4. The van der Waals surface area contributed by atoms with Gasteiger partial charge in [0.2, 0.25) is 5.78 Å². The van der Waals surface area contributed by atoms with Gasteiger partial charge in [0.1, 0.15) is 18.7 Å². The minimum Gasteiger partial charge on any atom is -0.467 e. The molecule has 0 radical (unpaired) electrons. The molecule has 0 saturated heterocycles. The molecule has 8 nitrogen and oxygen atoms in total. The van der Waals surface area contributed by atoms with Crippen molar-refractivity contribution < 1.29 is 28.7 Å². The quantitative estimate of drug-likeness (QED) is 0.384. The molecule has 1 aromatic carbocycles. The van der Waals surface area contributed by atoms with Crippen molar-refractivity contribution in [2.45, 2.75) is 25.9 Å². The third-order valence-electron chi connectivity index (χ3n) is 3.62. The van der Waals surface area contributed by atoms with E-state index in [2.05, 4.69) is 21.9 Å². The molecule has 0 fully saturated rings. The van der Waals surface area contributed by atoms with Crippen LogP contribution in [0.2, 0.25) is 0 Å². The zero-order valence-electron chi connectivity index (χ0n) is 15.6. The number of rotatable bonds is 9. The number of esters is 1. The molecule has 1 aromatic rings. The normalized spacial score (nSPS) is 12.4. The molecule has 0 spiro atoms. The number of benzene rings is 1. The lowest BCUT2D eigenvalue weighted by atomic mass is 10.0. The summed E-state index contributed by atoms with van der Waals surface area (Å²) in [6.07, 6.45) is 0.494. The predicted octanol–water partition coefficient (Wildman–Crippen LogP) is 1.52. The van der Waals surface area contributed by atoms with E-state index < -0.39 is 35.8 Å². The molecule has 0 aromatic heterocycles. The van der Waals surface area contributed by atoms with Crippen LogP contribution >= 0.6 is 0 Å². The lowest BCUT2D eigenvalue weighted by Crippen LogP contribution is -2.50. The Bertz CT molecular complexity index is 687. The second kappa shape index (κ2) is 10.7. The molecule has 0 aliphatic carbocycles. The minimum atomic E-state index is -1.27. The van der Waals surface area contributed by atoms with Crippen LogP contribution in [0.25, 0.3) is 0 Å². The highest BCUT2D eigenvalue weighted by Gasteiger charge is 2.33. The van der Waals surface area contributed by atoms with Crippen LogP contribution in [0.1, 0.15) is 25.5 Å². The summed E-state index contributed by atoms with van der Waals surface area (Å²) in [6, 6.07) is 5.97. The Labute approximate surface area is 157 Å². The van der Waals surface area contributed by atoms with Crippen LogP contribution < -0.4 is 10.6 Å². The first kappa shape index (κ1) is 21.9. The molecule has 27 heavy (non-hydrogen) atoms. The third-order valence-corrected chi connectivity index (χ3v) is 3.62. The number of hydrogen-bond acceptors (Lipinski definition) is 6. The predicted molar refractivity (Wildman–Crippen MR) is 97.7 cm³/mol. The molecule has 2 atom stereocenters. The van der Waals surface area contributed by atoms with Gasteiger partial charge in [-0.1, -0.05) is 56.8 Å². The Morgan fingerprint density at radius 3 is 2.26 bits per heavy atom. The van der Waals surface area contributed by atoms with Crippen LogP contribution in [0.3, 0.4) is 0 Å². The maximum absolute atomic E-state index is 12.7. The van der Waals surface area contributed by atoms with Gasteiger partial charge in [0.05, 0.1) is 7.11 Å². The summed E-state index contributed by atoms with van der Waals surface area (Å²) >= 11 is 0. The van der Waals surface area contributed by atoms with E-state index in [1.165, 1.54) is 13.2 Å². The number of ether oxygens (including phenoxy) is 2. The van der Waals surface area contributed by atoms with Crippen LogP contribution in [0.4, 0.5) is 4.79 Å². The monoisotopic (exact) mass is 376 g/mol. The fourth-order valence-corrected chi connectivity index (χ4v) is 2.21.